The molecule has 2 aromatic carbocycles. The van der Waals surface area contributed by atoms with Gasteiger partial charge in [0.1, 0.15) is 5.75 Å². The Morgan fingerprint density at radius 3 is 2.60 bits per heavy atom. The molecule has 0 unspecified atom stereocenters. The van der Waals surface area contributed by atoms with Gasteiger partial charge in [0.25, 0.3) is 0 Å². The number of carbonyl (C=O) groups is 2. The maximum absolute atomic E-state index is 13.5. The van der Waals surface area contributed by atoms with Crippen LogP contribution in [0.1, 0.15) is 56.7 Å². The first-order valence-corrected chi connectivity index (χ1v) is 10.9. The monoisotopic (exact) mass is 408 g/mol. The minimum atomic E-state index is -0.333. The van der Waals surface area contributed by atoms with Crippen LogP contribution in [-0.2, 0) is 16.0 Å². The summed E-state index contributed by atoms with van der Waals surface area (Å²) in [5, 5.41) is 3.14. The summed E-state index contributed by atoms with van der Waals surface area (Å²) in [6.45, 7) is 4.83. The summed E-state index contributed by atoms with van der Waals surface area (Å²) in [5.74, 6) is 0.449. The number of hydrogen-bond acceptors (Lipinski definition) is 3. The van der Waals surface area contributed by atoms with Crippen molar-refractivity contribution in [2.75, 3.05) is 19.0 Å². The fourth-order valence-corrected chi connectivity index (χ4v) is 4.29. The van der Waals surface area contributed by atoms with Crippen LogP contribution in [0.3, 0.4) is 0 Å². The summed E-state index contributed by atoms with van der Waals surface area (Å²) in [5.41, 5.74) is 2.85. The van der Waals surface area contributed by atoms with Crippen molar-refractivity contribution in [3.05, 3.63) is 59.7 Å². The number of rotatable bonds is 8. The summed E-state index contributed by atoms with van der Waals surface area (Å²) < 4.78 is 5.60. The van der Waals surface area contributed by atoms with Gasteiger partial charge in [0.2, 0.25) is 11.8 Å². The van der Waals surface area contributed by atoms with Crippen molar-refractivity contribution in [1.29, 1.82) is 0 Å². The molecule has 2 atom stereocenters. The average molecular weight is 409 g/mol. The van der Waals surface area contributed by atoms with Crippen molar-refractivity contribution in [3.63, 3.8) is 0 Å². The molecule has 2 amide bonds. The first kappa shape index (κ1) is 21.9. The molecule has 0 bridgehead atoms. The van der Waals surface area contributed by atoms with Gasteiger partial charge in [-0.15, -0.1) is 0 Å². The molecular formula is C25H32N2O3. The predicted octanol–water partition coefficient (Wildman–Crippen LogP) is 4.98. The van der Waals surface area contributed by atoms with Gasteiger partial charge in [0, 0.05) is 24.2 Å². The number of unbranched alkanes of at least 4 members (excludes halogenated alkanes) is 1. The number of amides is 2. The van der Waals surface area contributed by atoms with Crippen LogP contribution in [0.5, 0.6) is 5.75 Å². The molecular weight excluding hydrogens is 376 g/mol. The number of anilines is 1. The van der Waals surface area contributed by atoms with Crippen molar-refractivity contribution in [2.24, 2.45) is 5.92 Å². The smallest absolute Gasteiger partial charge is 0.229 e. The number of likely N-dealkylation sites (tertiary alicyclic amines) is 1. The van der Waals surface area contributed by atoms with E-state index in [0.29, 0.717) is 25.1 Å². The third kappa shape index (κ3) is 4.66. The van der Waals surface area contributed by atoms with E-state index in [4.69, 9.17) is 4.74 Å². The number of nitrogens with zero attached hydrogens (tertiary/aromatic N) is 1. The van der Waals surface area contributed by atoms with E-state index >= 15 is 0 Å². The SMILES string of the molecule is CCCCN1C(=O)CC[C@@H](C(=O)Nc2ccccc2CC)[C@@H]1c1ccccc1OC. The van der Waals surface area contributed by atoms with E-state index in [1.807, 2.05) is 53.4 Å². The van der Waals surface area contributed by atoms with Gasteiger partial charge < -0.3 is 15.0 Å². The summed E-state index contributed by atoms with van der Waals surface area (Å²) in [4.78, 5) is 28.2. The van der Waals surface area contributed by atoms with Gasteiger partial charge in [0.05, 0.1) is 19.1 Å². The molecule has 1 saturated heterocycles. The summed E-state index contributed by atoms with van der Waals surface area (Å²) in [6, 6.07) is 15.3. The molecule has 3 rings (SSSR count). The highest BCUT2D eigenvalue weighted by Crippen LogP contribution is 2.41. The van der Waals surface area contributed by atoms with Crippen LogP contribution >= 0.6 is 0 Å². The van der Waals surface area contributed by atoms with Crippen LogP contribution in [0.25, 0.3) is 0 Å². The molecule has 1 aliphatic heterocycles. The van der Waals surface area contributed by atoms with Crippen LogP contribution in [0, 0.1) is 5.92 Å². The largest absolute Gasteiger partial charge is 0.496 e. The maximum atomic E-state index is 13.5. The third-order valence-electron chi connectivity index (χ3n) is 5.91. The Labute approximate surface area is 179 Å². The van der Waals surface area contributed by atoms with Crippen molar-refractivity contribution >= 4 is 17.5 Å². The molecule has 30 heavy (non-hydrogen) atoms. The molecule has 0 radical (unpaired) electrons. The topological polar surface area (TPSA) is 58.6 Å². The van der Waals surface area contributed by atoms with E-state index in [1.165, 1.54) is 0 Å². The lowest BCUT2D eigenvalue weighted by Crippen LogP contribution is -2.47. The quantitative estimate of drug-likeness (QED) is 0.670. The minimum Gasteiger partial charge on any atom is -0.496 e. The lowest BCUT2D eigenvalue weighted by Gasteiger charge is -2.41. The lowest BCUT2D eigenvalue weighted by atomic mass is 9.83. The Hall–Kier alpha value is -2.82. The van der Waals surface area contributed by atoms with Gasteiger partial charge in [-0.3, -0.25) is 9.59 Å². The fourth-order valence-electron chi connectivity index (χ4n) is 4.29. The Bertz CT molecular complexity index is 880. The van der Waals surface area contributed by atoms with Crippen molar-refractivity contribution in [3.8, 4) is 5.75 Å². The third-order valence-corrected chi connectivity index (χ3v) is 5.91. The molecule has 5 heteroatoms. The van der Waals surface area contributed by atoms with Crippen molar-refractivity contribution in [1.82, 2.24) is 4.90 Å². The highest BCUT2D eigenvalue weighted by molar-refractivity contribution is 5.95. The van der Waals surface area contributed by atoms with Crippen LogP contribution in [-0.4, -0.2) is 30.4 Å². The van der Waals surface area contributed by atoms with Gasteiger partial charge in [-0.2, -0.15) is 0 Å². The summed E-state index contributed by atoms with van der Waals surface area (Å²) in [7, 11) is 1.63. The predicted molar refractivity (Wildman–Crippen MR) is 120 cm³/mol. The van der Waals surface area contributed by atoms with Crippen molar-refractivity contribution < 1.29 is 14.3 Å². The second-order valence-corrected chi connectivity index (χ2v) is 7.77. The molecule has 2 aromatic rings. The summed E-state index contributed by atoms with van der Waals surface area (Å²) >= 11 is 0. The molecule has 1 aliphatic rings. The maximum Gasteiger partial charge on any atom is 0.229 e. The van der Waals surface area contributed by atoms with Crippen molar-refractivity contribution in [2.45, 2.75) is 52.0 Å². The van der Waals surface area contributed by atoms with E-state index in [9.17, 15) is 9.59 Å². The highest BCUT2D eigenvalue weighted by atomic mass is 16.5. The molecule has 0 aromatic heterocycles. The zero-order valence-corrected chi connectivity index (χ0v) is 18.2. The number of nitrogens with one attached hydrogen (secondary N) is 1. The van der Waals surface area contributed by atoms with Gasteiger partial charge in [-0.25, -0.2) is 0 Å². The van der Waals surface area contributed by atoms with E-state index in [2.05, 4.69) is 19.2 Å². The van der Waals surface area contributed by atoms with Crippen LogP contribution in [0.4, 0.5) is 5.69 Å². The molecule has 1 heterocycles. The number of piperidine rings is 1. The normalized spacial score (nSPS) is 18.9. The van der Waals surface area contributed by atoms with Crippen LogP contribution in [0.2, 0.25) is 0 Å². The van der Waals surface area contributed by atoms with E-state index in [0.717, 1.165) is 36.1 Å². The average Bonchev–Trinajstić information content (AvgIpc) is 2.78. The second-order valence-electron chi connectivity index (χ2n) is 7.77. The van der Waals surface area contributed by atoms with Gasteiger partial charge in [-0.05, 0) is 37.0 Å². The first-order valence-electron chi connectivity index (χ1n) is 10.9. The van der Waals surface area contributed by atoms with E-state index in [-0.39, 0.29) is 23.8 Å². The molecule has 1 fully saturated rings. The lowest BCUT2D eigenvalue weighted by molar-refractivity contribution is -0.142. The van der Waals surface area contributed by atoms with Gasteiger partial charge in [-0.1, -0.05) is 56.7 Å². The van der Waals surface area contributed by atoms with Gasteiger partial charge >= 0.3 is 0 Å². The number of hydrogen-bond donors (Lipinski definition) is 1. The minimum absolute atomic E-state index is 0.0409. The number of carbonyl (C=O) groups excluding carboxylic acids is 2. The van der Waals surface area contributed by atoms with E-state index in [1.54, 1.807) is 7.11 Å². The fraction of sp³-hybridized carbons (Fsp3) is 0.440. The second kappa shape index (κ2) is 10.3. The zero-order valence-electron chi connectivity index (χ0n) is 18.2. The zero-order chi connectivity index (χ0) is 21.5. The van der Waals surface area contributed by atoms with Crippen LogP contribution in [0.15, 0.2) is 48.5 Å². The Balaban J connectivity index is 1.97. The molecule has 1 N–H and O–H groups in total. The number of methoxy groups -OCH3 is 1. The molecule has 0 spiro atoms. The molecule has 0 saturated carbocycles. The number of ether oxygens (including phenoxy) is 1. The Morgan fingerprint density at radius 2 is 1.87 bits per heavy atom. The Morgan fingerprint density at radius 1 is 1.13 bits per heavy atom. The molecule has 160 valence electrons. The highest BCUT2D eigenvalue weighted by Gasteiger charge is 2.41. The van der Waals surface area contributed by atoms with Crippen LogP contribution < -0.4 is 10.1 Å². The molecule has 5 nitrogen and oxygen atoms in total. The van der Waals surface area contributed by atoms with Gasteiger partial charge in [0.15, 0.2) is 0 Å². The number of benzene rings is 2. The van der Waals surface area contributed by atoms with E-state index < -0.39 is 0 Å². The first-order chi connectivity index (χ1) is 14.6. The Kier molecular flexibility index (Phi) is 7.50. The molecule has 0 aliphatic carbocycles. The number of aryl methyl sites for hydroxylation is 1. The summed E-state index contributed by atoms with van der Waals surface area (Å²) in [6.07, 6.45) is 3.67. The standard InChI is InChI=1S/C25H32N2O3/c1-4-6-17-27-23(28)16-15-20(24(27)19-12-8-10-14-22(19)30-3)25(29)26-21-13-9-7-11-18(21)5-2/h7-14,20,24H,4-6,15-17H2,1-3H3,(H,26,29)/t20-,24+/m1/s1. The number of para-hydroxylation sites is 2.